The molecule has 3 aromatic carbocycles. The Morgan fingerprint density at radius 2 is 1.20 bits per heavy atom. The van der Waals surface area contributed by atoms with E-state index >= 15 is 0 Å². The Morgan fingerprint density at radius 1 is 0.743 bits per heavy atom. The quantitative estimate of drug-likeness (QED) is 0.276. The van der Waals surface area contributed by atoms with Crippen LogP contribution in [0.2, 0.25) is 5.31 Å². The maximum atomic E-state index is 6.72. The molecule has 182 valence electrons. The van der Waals surface area contributed by atoms with Crippen LogP contribution in [0.15, 0.2) is 89.4 Å². The van der Waals surface area contributed by atoms with Crippen molar-refractivity contribution < 1.29 is 9.31 Å². The summed E-state index contributed by atoms with van der Waals surface area (Å²) in [6, 6.07) is 30.4. The average molecular weight is 532 g/mol. The van der Waals surface area contributed by atoms with Gasteiger partial charge in [0.05, 0.1) is 11.2 Å². The molecule has 0 radical (unpaired) electrons. The molecule has 0 amide bonds. The van der Waals surface area contributed by atoms with Crippen molar-refractivity contribution in [3.05, 3.63) is 106 Å². The van der Waals surface area contributed by atoms with E-state index < -0.39 is 0 Å². The summed E-state index contributed by atoms with van der Waals surface area (Å²) in [5.41, 5.74) is 3.21. The summed E-state index contributed by atoms with van der Waals surface area (Å²) in [5, 5.41) is -0.113. The van der Waals surface area contributed by atoms with Gasteiger partial charge in [-0.1, -0.05) is 94.8 Å². The molecule has 5 heteroatoms. The molecule has 2 fully saturated rings. The first-order valence-electron chi connectivity index (χ1n) is 12.6. The molecular weight excluding hydrogens is 497 g/mol. The summed E-state index contributed by atoms with van der Waals surface area (Å²) in [7, 11) is -0.251. The van der Waals surface area contributed by atoms with Gasteiger partial charge in [-0.25, -0.2) is 0 Å². The highest BCUT2D eigenvalue weighted by Gasteiger charge is 2.68. The number of hydrogen-bond acceptors (Lipinski definition) is 3. The Hall–Kier alpha value is -1.92. The van der Waals surface area contributed by atoms with Crippen LogP contribution < -0.4 is 0 Å². The lowest BCUT2D eigenvalue weighted by atomic mass is 9.61. The first kappa shape index (κ1) is 24.8. The van der Waals surface area contributed by atoms with E-state index in [2.05, 4.69) is 133 Å². The van der Waals surface area contributed by atoms with Crippen LogP contribution in [0.4, 0.5) is 0 Å². The minimum atomic E-state index is -0.352. The third-order valence-corrected chi connectivity index (χ3v) is 8.84. The van der Waals surface area contributed by atoms with Gasteiger partial charge < -0.3 is 9.31 Å². The van der Waals surface area contributed by atoms with Crippen LogP contribution in [-0.2, 0) is 22.4 Å². The van der Waals surface area contributed by atoms with Gasteiger partial charge in [0.25, 0.3) is 0 Å². The predicted molar refractivity (Wildman–Crippen MR) is 147 cm³/mol. The average Bonchev–Trinajstić information content (AvgIpc) is 3.58. The van der Waals surface area contributed by atoms with Crippen LogP contribution in [0.25, 0.3) is 0 Å². The standard InChI is InChI=1S/C30H35BBrNO2/c1-28(2)29(3,4)35-31(34-28)30(19-20-30)27(25-17-11-12-18-26(25)32)33(21-23-13-7-5-8-14-23)22-24-15-9-6-10-16-24/h5-18,27H,19-22H2,1-4H3. The SMILES string of the molecule is CC1(C)OB(C2(C(c3ccccc3Br)N(Cc3ccccc3)Cc3ccccc3)CC2)OC1(C)C. The highest BCUT2D eigenvalue weighted by molar-refractivity contribution is 9.10. The Bertz CT molecular complexity index is 1090. The predicted octanol–water partition coefficient (Wildman–Crippen LogP) is 7.82. The van der Waals surface area contributed by atoms with E-state index in [-0.39, 0.29) is 29.7 Å². The van der Waals surface area contributed by atoms with Crippen LogP contribution in [0.3, 0.4) is 0 Å². The van der Waals surface area contributed by atoms with Gasteiger partial charge in [-0.15, -0.1) is 0 Å². The largest absolute Gasteiger partial charge is 0.466 e. The molecule has 1 unspecified atom stereocenters. The van der Waals surface area contributed by atoms with Gasteiger partial charge in [-0.3, -0.25) is 4.90 Å². The summed E-state index contributed by atoms with van der Waals surface area (Å²) in [4.78, 5) is 2.63. The molecule has 1 heterocycles. The Balaban J connectivity index is 1.60. The minimum Gasteiger partial charge on any atom is -0.403 e. The third kappa shape index (κ3) is 4.89. The van der Waals surface area contributed by atoms with Crippen molar-refractivity contribution in [1.29, 1.82) is 0 Å². The molecule has 0 N–H and O–H groups in total. The van der Waals surface area contributed by atoms with Gasteiger partial charge in [0, 0.05) is 28.9 Å². The van der Waals surface area contributed by atoms with Crippen molar-refractivity contribution in [3.63, 3.8) is 0 Å². The molecule has 1 aliphatic carbocycles. The normalized spacial score (nSPS) is 20.7. The fraction of sp³-hybridized carbons (Fsp3) is 0.400. The summed E-state index contributed by atoms with van der Waals surface area (Å²) >= 11 is 3.90. The molecular formula is C30H35BBrNO2. The van der Waals surface area contributed by atoms with Gasteiger partial charge in [-0.2, -0.15) is 0 Å². The first-order chi connectivity index (χ1) is 16.7. The molecule has 0 bridgehead atoms. The van der Waals surface area contributed by atoms with Crippen molar-refractivity contribution in [1.82, 2.24) is 4.90 Å². The summed E-state index contributed by atoms with van der Waals surface area (Å²) in [5.74, 6) is 0. The molecule has 0 spiro atoms. The Labute approximate surface area is 219 Å². The highest BCUT2D eigenvalue weighted by Crippen LogP contribution is 2.69. The fourth-order valence-electron chi connectivity index (χ4n) is 5.30. The van der Waals surface area contributed by atoms with Crippen LogP contribution in [-0.4, -0.2) is 23.2 Å². The van der Waals surface area contributed by atoms with Crippen LogP contribution >= 0.6 is 15.9 Å². The zero-order valence-corrected chi connectivity index (χ0v) is 22.8. The van der Waals surface area contributed by atoms with Crippen molar-refractivity contribution in [2.24, 2.45) is 0 Å². The summed E-state index contributed by atoms with van der Waals surface area (Å²) < 4.78 is 14.6. The summed E-state index contributed by atoms with van der Waals surface area (Å²) in [6.45, 7) is 10.3. The Kier molecular flexibility index (Phi) is 6.73. The van der Waals surface area contributed by atoms with Crippen molar-refractivity contribution in [2.75, 3.05) is 0 Å². The van der Waals surface area contributed by atoms with Crippen molar-refractivity contribution >= 4 is 23.0 Å². The molecule has 1 atom stereocenters. The van der Waals surface area contributed by atoms with E-state index in [1.54, 1.807) is 0 Å². The number of nitrogens with zero attached hydrogens (tertiary/aromatic N) is 1. The second kappa shape index (κ2) is 9.51. The van der Waals surface area contributed by atoms with Gasteiger partial charge in [0.1, 0.15) is 0 Å². The van der Waals surface area contributed by atoms with E-state index in [1.807, 2.05) is 0 Å². The van der Waals surface area contributed by atoms with Crippen LogP contribution in [0.5, 0.6) is 0 Å². The number of rotatable bonds is 8. The molecule has 1 saturated heterocycles. The summed E-state index contributed by atoms with van der Waals surface area (Å²) in [6.07, 6.45) is 2.16. The van der Waals surface area contributed by atoms with E-state index in [1.165, 1.54) is 16.7 Å². The molecule has 35 heavy (non-hydrogen) atoms. The molecule has 2 aliphatic rings. The van der Waals surface area contributed by atoms with Gasteiger partial charge in [-0.05, 0) is 63.3 Å². The van der Waals surface area contributed by atoms with E-state index in [0.717, 1.165) is 30.4 Å². The molecule has 1 aliphatic heterocycles. The van der Waals surface area contributed by atoms with Gasteiger partial charge in [0.2, 0.25) is 0 Å². The smallest absolute Gasteiger partial charge is 0.403 e. The zero-order chi connectivity index (χ0) is 24.7. The van der Waals surface area contributed by atoms with Crippen LogP contribution in [0, 0.1) is 0 Å². The molecule has 0 aromatic heterocycles. The second-order valence-electron chi connectivity index (χ2n) is 11.1. The third-order valence-electron chi connectivity index (χ3n) is 8.12. The monoisotopic (exact) mass is 531 g/mol. The number of benzene rings is 3. The number of hydrogen-bond donors (Lipinski definition) is 0. The van der Waals surface area contributed by atoms with Gasteiger partial charge >= 0.3 is 7.12 Å². The van der Waals surface area contributed by atoms with Crippen molar-refractivity contribution in [2.45, 2.75) is 76.2 Å². The van der Waals surface area contributed by atoms with E-state index in [9.17, 15) is 0 Å². The maximum absolute atomic E-state index is 6.72. The maximum Gasteiger partial charge on any atom is 0.466 e. The Morgan fingerprint density at radius 3 is 1.66 bits per heavy atom. The zero-order valence-electron chi connectivity index (χ0n) is 21.2. The molecule has 3 nitrogen and oxygen atoms in total. The lowest BCUT2D eigenvalue weighted by molar-refractivity contribution is 0.00578. The fourth-order valence-corrected chi connectivity index (χ4v) is 5.80. The topological polar surface area (TPSA) is 21.7 Å². The number of halogens is 1. The van der Waals surface area contributed by atoms with E-state index in [0.29, 0.717) is 0 Å². The first-order valence-corrected chi connectivity index (χ1v) is 13.4. The molecule has 5 rings (SSSR count). The molecule has 3 aromatic rings. The van der Waals surface area contributed by atoms with Crippen molar-refractivity contribution in [3.8, 4) is 0 Å². The lowest BCUT2D eigenvalue weighted by Gasteiger charge is -2.39. The second-order valence-corrected chi connectivity index (χ2v) is 12.0. The lowest BCUT2D eigenvalue weighted by Crippen LogP contribution is -2.41. The van der Waals surface area contributed by atoms with Gasteiger partial charge in [0.15, 0.2) is 0 Å². The molecule has 1 saturated carbocycles. The van der Waals surface area contributed by atoms with E-state index in [4.69, 9.17) is 9.31 Å². The highest BCUT2D eigenvalue weighted by atomic mass is 79.9. The minimum absolute atomic E-state index is 0.113. The van der Waals surface area contributed by atoms with Crippen LogP contribution in [0.1, 0.15) is 63.3 Å².